The minimum atomic E-state index is -0.265. The van der Waals surface area contributed by atoms with Gasteiger partial charge in [-0.05, 0) is 41.7 Å². The molecule has 0 bridgehead atoms. The number of hydrogen-bond donors (Lipinski definition) is 2. The minimum absolute atomic E-state index is 0.00651. The average Bonchev–Trinajstić information content (AvgIpc) is 2.28. The van der Waals surface area contributed by atoms with Crippen LogP contribution in [0.25, 0.3) is 0 Å². The zero-order chi connectivity index (χ0) is 13.1. The van der Waals surface area contributed by atoms with Crippen LogP contribution >= 0.6 is 12.2 Å². The van der Waals surface area contributed by atoms with E-state index < -0.39 is 0 Å². The molecule has 0 spiro atoms. The Morgan fingerprint density at radius 1 is 1.35 bits per heavy atom. The maximum Gasteiger partial charge on any atom is 0.257 e. The van der Waals surface area contributed by atoms with Crippen molar-refractivity contribution in [3.05, 3.63) is 35.4 Å². The molecule has 0 heterocycles. The van der Waals surface area contributed by atoms with Crippen LogP contribution < -0.4 is 11.1 Å². The summed E-state index contributed by atoms with van der Waals surface area (Å²) in [7, 11) is 0. The van der Waals surface area contributed by atoms with E-state index in [1.165, 1.54) is 5.56 Å². The Bertz CT molecular complexity index is 424. The van der Waals surface area contributed by atoms with Crippen molar-refractivity contribution in [3.8, 4) is 0 Å². The van der Waals surface area contributed by atoms with Gasteiger partial charge in [-0.1, -0.05) is 32.9 Å². The van der Waals surface area contributed by atoms with Gasteiger partial charge in [-0.15, -0.1) is 0 Å². The molecule has 3 nitrogen and oxygen atoms in total. The Kier molecular flexibility index (Phi) is 4.23. The summed E-state index contributed by atoms with van der Waals surface area (Å²) in [6, 6.07) is 7.52. The third kappa shape index (κ3) is 3.53. The van der Waals surface area contributed by atoms with Crippen LogP contribution in [0, 0.1) is 0 Å². The van der Waals surface area contributed by atoms with E-state index in [-0.39, 0.29) is 16.4 Å². The predicted octanol–water partition coefficient (Wildman–Crippen LogP) is 2.35. The number of carbonyl (C=O) groups excluding carboxylic acids is 1. The van der Waals surface area contributed by atoms with Crippen LogP contribution in [0.3, 0.4) is 0 Å². The van der Waals surface area contributed by atoms with Gasteiger partial charge >= 0.3 is 0 Å². The fourth-order valence-corrected chi connectivity index (χ4v) is 1.55. The standard InChI is InChI=1S/C13H18N2OS/c1-4-13(2,3)10-7-5-9(6-8-10)11(16)15-12(14)17/h5-8H,4H2,1-3H3,(H3,14,15,16,17). The summed E-state index contributed by atoms with van der Waals surface area (Å²) in [5.41, 5.74) is 7.15. The molecule has 92 valence electrons. The Hall–Kier alpha value is -1.42. The van der Waals surface area contributed by atoms with Gasteiger partial charge in [0.1, 0.15) is 0 Å². The largest absolute Gasteiger partial charge is 0.376 e. The normalized spacial score (nSPS) is 11.0. The van der Waals surface area contributed by atoms with Crippen LogP contribution in [0.2, 0.25) is 0 Å². The molecule has 17 heavy (non-hydrogen) atoms. The van der Waals surface area contributed by atoms with Crippen LogP contribution in [-0.2, 0) is 5.41 Å². The molecule has 1 aromatic rings. The van der Waals surface area contributed by atoms with Gasteiger partial charge in [0.2, 0.25) is 0 Å². The molecule has 0 fully saturated rings. The molecule has 0 aliphatic rings. The van der Waals surface area contributed by atoms with Crippen molar-refractivity contribution in [2.45, 2.75) is 32.6 Å². The molecule has 1 rings (SSSR count). The highest BCUT2D eigenvalue weighted by atomic mass is 32.1. The highest BCUT2D eigenvalue weighted by Gasteiger charge is 2.18. The summed E-state index contributed by atoms with van der Waals surface area (Å²) in [6.07, 6.45) is 1.05. The zero-order valence-electron chi connectivity index (χ0n) is 10.4. The number of nitrogens with two attached hydrogens (primary N) is 1. The summed E-state index contributed by atoms with van der Waals surface area (Å²) >= 11 is 4.62. The smallest absolute Gasteiger partial charge is 0.257 e. The number of amides is 1. The molecule has 0 atom stereocenters. The quantitative estimate of drug-likeness (QED) is 0.810. The topological polar surface area (TPSA) is 55.1 Å². The molecule has 1 aromatic carbocycles. The lowest BCUT2D eigenvalue weighted by molar-refractivity contribution is 0.0977. The molecular formula is C13H18N2OS. The van der Waals surface area contributed by atoms with Gasteiger partial charge in [0.25, 0.3) is 5.91 Å². The summed E-state index contributed by atoms with van der Waals surface area (Å²) in [6.45, 7) is 6.50. The molecule has 0 saturated heterocycles. The van der Waals surface area contributed by atoms with E-state index in [1.807, 2.05) is 12.1 Å². The zero-order valence-corrected chi connectivity index (χ0v) is 11.2. The van der Waals surface area contributed by atoms with Crippen molar-refractivity contribution in [3.63, 3.8) is 0 Å². The van der Waals surface area contributed by atoms with E-state index in [0.717, 1.165) is 6.42 Å². The highest BCUT2D eigenvalue weighted by molar-refractivity contribution is 7.80. The first-order valence-electron chi connectivity index (χ1n) is 5.58. The third-order valence-corrected chi connectivity index (χ3v) is 3.15. The molecule has 0 aliphatic heterocycles. The fraction of sp³-hybridized carbons (Fsp3) is 0.385. The van der Waals surface area contributed by atoms with Crippen LogP contribution in [0.4, 0.5) is 0 Å². The summed E-state index contributed by atoms with van der Waals surface area (Å²) in [5, 5.41) is 2.40. The molecular weight excluding hydrogens is 232 g/mol. The van der Waals surface area contributed by atoms with Crippen LogP contribution in [0.5, 0.6) is 0 Å². The first kappa shape index (κ1) is 13.6. The van der Waals surface area contributed by atoms with Crippen molar-refractivity contribution in [2.75, 3.05) is 0 Å². The van der Waals surface area contributed by atoms with Crippen molar-refractivity contribution in [2.24, 2.45) is 5.73 Å². The maximum atomic E-state index is 11.6. The van der Waals surface area contributed by atoms with Gasteiger partial charge in [0, 0.05) is 5.56 Å². The first-order chi connectivity index (χ1) is 7.86. The van der Waals surface area contributed by atoms with Gasteiger partial charge in [-0.2, -0.15) is 0 Å². The number of nitrogens with one attached hydrogen (secondary N) is 1. The second-order valence-electron chi connectivity index (χ2n) is 4.63. The number of carbonyl (C=O) groups is 1. The average molecular weight is 250 g/mol. The minimum Gasteiger partial charge on any atom is -0.376 e. The van der Waals surface area contributed by atoms with Crippen LogP contribution in [-0.4, -0.2) is 11.0 Å². The summed E-state index contributed by atoms with van der Waals surface area (Å²) in [4.78, 5) is 11.6. The van der Waals surface area contributed by atoms with E-state index in [9.17, 15) is 4.79 Å². The molecule has 0 aliphatic carbocycles. The lowest BCUT2D eigenvalue weighted by Crippen LogP contribution is -2.34. The van der Waals surface area contributed by atoms with E-state index in [0.29, 0.717) is 5.56 Å². The summed E-state index contributed by atoms with van der Waals surface area (Å²) < 4.78 is 0. The second-order valence-corrected chi connectivity index (χ2v) is 5.07. The number of hydrogen-bond acceptors (Lipinski definition) is 2. The van der Waals surface area contributed by atoms with Crippen molar-refractivity contribution >= 4 is 23.2 Å². The van der Waals surface area contributed by atoms with E-state index in [4.69, 9.17) is 5.73 Å². The van der Waals surface area contributed by atoms with E-state index >= 15 is 0 Å². The second kappa shape index (κ2) is 5.27. The van der Waals surface area contributed by atoms with Crippen molar-refractivity contribution in [1.82, 2.24) is 5.32 Å². The van der Waals surface area contributed by atoms with E-state index in [1.54, 1.807) is 12.1 Å². The molecule has 4 heteroatoms. The Labute approximate surface area is 107 Å². The van der Waals surface area contributed by atoms with Gasteiger partial charge in [-0.25, -0.2) is 0 Å². The first-order valence-corrected chi connectivity index (χ1v) is 5.99. The van der Waals surface area contributed by atoms with Gasteiger partial charge in [-0.3, -0.25) is 10.1 Å². The monoisotopic (exact) mass is 250 g/mol. The van der Waals surface area contributed by atoms with Gasteiger partial charge < -0.3 is 5.73 Å². The van der Waals surface area contributed by atoms with Crippen LogP contribution in [0.15, 0.2) is 24.3 Å². The number of rotatable bonds is 3. The molecule has 0 unspecified atom stereocenters. The Morgan fingerprint density at radius 3 is 2.29 bits per heavy atom. The molecule has 1 amide bonds. The molecule has 0 aromatic heterocycles. The van der Waals surface area contributed by atoms with Crippen molar-refractivity contribution < 1.29 is 4.79 Å². The van der Waals surface area contributed by atoms with Gasteiger partial charge in [0.15, 0.2) is 5.11 Å². The fourth-order valence-electron chi connectivity index (χ4n) is 1.46. The Morgan fingerprint density at radius 2 is 1.88 bits per heavy atom. The summed E-state index contributed by atoms with van der Waals surface area (Å²) in [5.74, 6) is -0.265. The lowest BCUT2D eigenvalue weighted by atomic mass is 9.82. The SMILES string of the molecule is CCC(C)(C)c1ccc(C(=O)NC(N)=S)cc1. The molecule has 0 saturated carbocycles. The number of thiocarbonyl (C=S) groups is 1. The Balaban J connectivity index is 2.88. The maximum absolute atomic E-state index is 11.6. The number of benzene rings is 1. The van der Waals surface area contributed by atoms with Crippen LogP contribution in [0.1, 0.15) is 43.1 Å². The lowest BCUT2D eigenvalue weighted by Gasteiger charge is -2.23. The van der Waals surface area contributed by atoms with Crippen molar-refractivity contribution in [1.29, 1.82) is 0 Å². The van der Waals surface area contributed by atoms with Gasteiger partial charge in [0.05, 0.1) is 0 Å². The van der Waals surface area contributed by atoms with E-state index in [2.05, 4.69) is 38.3 Å². The predicted molar refractivity (Wildman–Crippen MR) is 74.0 cm³/mol. The molecule has 3 N–H and O–H groups in total. The third-order valence-electron chi connectivity index (χ3n) is 3.05. The molecule has 0 radical (unpaired) electrons. The highest BCUT2D eigenvalue weighted by Crippen LogP contribution is 2.26.